The molecule has 0 radical (unpaired) electrons. The number of halogens is 3. The molecule has 1 rings (SSSR count). The highest BCUT2D eigenvalue weighted by Gasteiger charge is 2.48. The Morgan fingerprint density at radius 2 is 2.00 bits per heavy atom. The molecule has 0 aromatic heterocycles. The van der Waals surface area contributed by atoms with E-state index >= 15 is 0 Å². The lowest BCUT2D eigenvalue weighted by atomic mass is 10.1. The molecule has 1 aliphatic rings. The number of rotatable bonds is 0. The largest absolute Gasteiger partial charge is 0.278 e. The minimum Gasteiger partial charge on any atom is -0.241 e. The van der Waals surface area contributed by atoms with Gasteiger partial charge in [-0.15, -0.1) is 0 Å². The van der Waals surface area contributed by atoms with E-state index in [9.17, 15) is 13.2 Å². The smallest absolute Gasteiger partial charge is 0.241 e. The van der Waals surface area contributed by atoms with Gasteiger partial charge in [-0.2, -0.15) is 0 Å². The van der Waals surface area contributed by atoms with Crippen molar-refractivity contribution in [3.63, 3.8) is 0 Å². The molecule has 9 heavy (non-hydrogen) atoms. The zero-order chi connectivity index (χ0) is 7.07. The van der Waals surface area contributed by atoms with Crippen LogP contribution in [0, 0.1) is 5.92 Å². The van der Waals surface area contributed by atoms with E-state index in [0.717, 1.165) is 0 Å². The standard InChI is InChI=1S/C6H9F3/c1-4-2-3-6(8,9)5(4)7/h4-5H,2-3H2,1H3/t4-,5-/m1/s1. The lowest BCUT2D eigenvalue weighted by Crippen LogP contribution is -2.25. The van der Waals surface area contributed by atoms with Crippen molar-refractivity contribution in [2.75, 3.05) is 0 Å². The van der Waals surface area contributed by atoms with E-state index in [2.05, 4.69) is 0 Å². The molecule has 0 aromatic carbocycles. The third kappa shape index (κ3) is 1.05. The molecule has 0 aromatic rings. The normalized spacial score (nSPS) is 41.3. The number of alkyl halides is 3. The van der Waals surface area contributed by atoms with Crippen molar-refractivity contribution in [2.45, 2.75) is 31.9 Å². The van der Waals surface area contributed by atoms with Gasteiger partial charge in [-0.1, -0.05) is 6.92 Å². The maximum Gasteiger partial charge on any atom is 0.278 e. The number of hydrogen-bond acceptors (Lipinski definition) is 0. The van der Waals surface area contributed by atoms with Gasteiger partial charge < -0.3 is 0 Å². The second-order valence-electron chi connectivity index (χ2n) is 2.68. The van der Waals surface area contributed by atoms with Crippen molar-refractivity contribution in [1.82, 2.24) is 0 Å². The van der Waals surface area contributed by atoms with Crippen LogP contribution in [-0.4, -0.2) is 12.1 Å². The van der Waals surface area contributed by atoms with E-state index in [1.165, 1.54) is 6.92 Å². The Hall–Kier alpha value is -0.210. The molecule has 1 aliphatic carbocycles. The molecule has 0 N–H and O–H groups in total. The van der Waals surface area contributed by atoms with Gasteiger partial charge in [0.25, 0.3) is 5.92 Å². The SMILES string of the molecule is C[C@@H]1CCC(F)(F)[C@@H]1F. The molecule has 0 spiro atoms. The monoisotopic (exact) mass is 138 g/mol. The zero-order valence-corrected chi connectivity index (χ0v) is 5.20. The molecule has 54 valence electrons. The van der Waals surface area contributed by atoms with E-state index in [-0.39, 0.29) is 6.42 Å². The van der Waals surface area contributed by atoms with Crippen LogP contribution in [-0.2, 0) is 0 Å². The summed E-state index contributed by atoms with van der Waals surface area (Å²) in [4.78, 5) is 0. The average molecular weight is 138 g/mol. The quantitative estimate of drug-likeness (QED) is 0.482. The van der Waals surface area contributed by atoms with Gasteiger partial charge in [0.05, 0.1) is 0 Å². The highest BCUT2D eigenvalue weighted by atomic mass is 19.3. The van der Waals surface area contributed by atoms with Crippen molar-refractivity contribution in [3.05, 3.63) is 0 Å². The Balaban J connectivity index is 2.62. The van der Waals surface area contributed by atoms with Crippen LogP contribution in [0.25, 0.3) is 0 Å². The maximum absolute atomic E-state index is 12.3. The van der Waals surface area contributed by atoms with Crippen molar-refractivity contribution in [1.29, 1.82) is 0 Å². The molecular weight excluding hydrogens is 129 g/mol. The van der Waals surface area contributed by atoms with Crippen LogP contribution >= 0.6 is 0 Å². The fourth-order valence-electron chi connectivity index (χ4n) is 1.12. The predicted octanol–water partition coefficient (Wildman–Crippen LogP) is 2.39. The van der Waals surface area contributed by atoms with E-state index in [0.29, 0.717) is 6.42 Å². The van der Waals surface area contributed by atoms with Crippen LogP contribution in [0.15, 0.2) is 0 Å². The minimum absolute atomic E-state index is 0.282. The van der Waals surface area contributed by atoms with Crippen LogP contribution in [0.4, 0.5) is 13.2 Å². The van der Waals surface area contributed by atoms with Crippen molar-refractivity contribution in [3.8, 4) is 0 Å². The van der Waals surface area contributed by atoms with Crippen molar-refractivity contribution in [2.24, 2.45) is 5.92 Å². The van der Waals surface area contributed by atoms with Crippen molar-refractivity contribution < 1.29 is 13.2 Å². The van der Waals surface area contributed by atoms with E-state index in [4.69, 9.17) is 0 Å². The summed E-state index contributed by atoms with van der Waals surface area (Å²) in [5.74, 6) is -3.50. The average Bonchev–Trinajstić information content (AvgIpc) is 1.97. The predicted molar refractivity (Wildman–Crippen MR) is 28.2 cm³/mol. The lowest BCUT2D eigenvalue weighted by Gasteiger charge is -2.12. The maximum atomic E-state index is 12.3. The second-order valence-corrected chi connectivity index (χ2v) is 2.68. The van der Waals surface area contributed by atoms with Gasteiger partial charge >= 0.3 is 0 Å². The summed E-state index contributed by atoms with van der Waals surface area (Å²) in [6.45, 7) is 1.52. The van der Waals surface area contributed by atoms with Gasteiger partial charge in [0.2, 0.25) is 0 Å². The molecule has 1 saturated carbocycles. The summed E-state index contributed by atoms with van der Waals surface area (Å²) < 4.78 is 36.8. The summed E-state index contributed by atoms with van der Waals surface area (Å²) in [6, 6.07) is 0. The summed E-state index contributed by atoms with van der Waals surface area (Å²) in [5.41, 5.74) is 0. The summed E-state index contributed by atoms with van der Waals surface area (Å²) in [6.07, 6.45) is -1.87. The molecule has 1 fully saturated rings. The first kappa shape index (κ1) is 6.90. The van der Waals surface area contributed by atoms with Gasteiger partial charge in [-0.25, -0.2) is 13.2 Å². The second kappa shape index (κ2) is 1.89. The first-order chi connectivity index (χ1) is 4.04. The third-order valence-corrected chi connectivity index (χ3v) is 1.84. The summed E-state index contributed by atoms with van der Waals surface area (Å²) >= 11 is 0. The molecule has 0 bridgehead atoms. The molecule has 2 atom stereocenters. The number of hydrogen-bond donors (Lipinski definition) is 0. The molecule has 3 heteroatoms. The molecule has 0 amide bonds. The molecule has 0 heterocycles. The highest BCUT2D eigenvalue weighted by Crippen LogP contribution is 2.40. The highest BCUT2D eigenvalue weighted by molar-refractivity contribution is 4.88. The first-order valence-corrected chi connectivity index (χ1v) is 3.06. The van der Waals surface area contributed by atoms with Crippen molar-refractivity contribution >= 4 is 0 Å². The molecule has 0 saturated heterocycles. The molecule has 0 nitrogen and oxygen atoms in total. The third-order valence-electron chi connectivity index (χ3n) is 1.84. The zero-order valence-electron chi connectivity index (χ0n) is 5.20. The first-order valence-electron chi connectivity index (χ1n) is 3.06. The van der Waals surface area contributed by atoms with Crippen LogP contribution in [0.1, 0.15) is 19.8 Å². The van der Waals surface area contributed by atoms with Gasteiger partial charge in [-0.3, -0.25) is 0 Å². The Labute approximate surface area is 52.1 Å². The Kier molecular flexibility index (Phi) is 1.45. The Morgan fingerprint density at radius 1 is 1.44 bits per heavy atom. The molecule has 0 unspecified atom stereocenters. The van der Waals surface area contributed by atoms with Crippen LogP contribution in [0.5, 0.6) is 0 Å². The summed E-state index contributed by atoms with van der Waals surface area (Å²) in [7, 11) is 0. The van der Waals surface area contributed by atoms with Crippen LogP contribution < -0.4 is 0 Å². The molecular formula is C6H9F3. The van der Waals surface area contributed by atoms with Gasteiger partial charge in [0, 0.05) is 6.42 Å². The van der Waals surface area contributed by atoms with E-state index < -0.39 is 18.0 Å². The Morgan fingerprint density at radius 3 is 2.11 bits per heavy atom. The lowest BCUT2D eigenvalue weighted by molar-refractivity contribution is -0.0586. The summed E-state index contributed by atoms with van der Waals surface area (Å²) in [5, 5.41) is 0. The Bertz CT molecular complexity index is 111. The van der Waals surface area contributed by atoms with Gasteiger partial charge in [0.15, 0.2) is 6.17 Å². The van der Waals surface area contributed by atoms with E-state index in [1.54, 1.807) is 0 Å². The molecule has 0 aliphatic heterocycles. The fourth-order valence-corrected chi connectivity index (χ4v) is 1.12. The van der Waals surface area contributed by atoms with Crippen LogP contribution in [0.3, 0.4) is 0 Å². The fraction of sp³-hybridized carbons (Fsp3) is 1.00. The topological polar surface area (TPSA) is 0 Å². The van der Waals surface area contributed by atoms with Crippen LogP contribution in [0.2, 0.25) is 0 Å². The van der Waals surface area contributed by atoms with E-state index in [1.807, 2.05) is 0 Å². The van der Waals surface area contributed by atoms with Gasteiger partial charge in [0.1, 0.15) is 0 Å². The minimum atomic E-state index is -3.04. The van der Waals surface area contributed by atoms with Gasteiger partial charge in [-0.05, 0) is 12.3 Å².